The number of nitrogens with zero attached hydrogens (tertiary/aromatic N) is 2. The first-order valence-corrected chi connectivity index (χ1v) is 26.1. The second-order valence-corrected chi connectivity index (χ2v) is 21.7. The van der Waals surface area contributed by atoms with Crippen molar-refractivity contribution in [3.05, 3.63) is 137 Å². The van der Waals surface area contributed by atoms with Gasteiger partial charge in [-0.3, -0.25) is 4.79 Å². The van der Waals surface area contributed by atoms with Gasteiger partial charge in [-0.1, -0.05) is 66.2 Å². The van der Waals surface area contributed by atoms with E-state index in [0.29, 0.717) is 62.2 Å². The van der Waals surface area contributed by atoms with Gasteiger partial charge in [0.05, 0.1) is 16.7 Å². The number of anilines is 2. The minimum absolute atomic E-state index is 0.00652. The van der Waals surface area contributed by atoms with E-state index in [2.05, 4.69) is 15.1 Å². The van der Waals surface area contributed by atoms with Gasteiger partial charge in [-0.05, 0) is 134 Å². The van der Waals surface area contributed by atoms with E-state index in [1.807, 2.05) is 83.6 Å². The molecule has 0 spiro atoms. The molecule has 0 aromatic heterocycles. The Morgan fingerprint density at radius 3 is 2.21 bits per heavy atom. The topological polar surface area (TPSA) is 156 Å². The highest BCUT2D eigenvalue weighted by molar-refractivity contribution is 7.99. The maximum Gasteiger partial charge on any atom is 0.501 e. The van der Waals surface area contributed by atoms with E-state index >= 15 is 0 Å². The summed E-state index contributed by atoms with van der Waals surface area (Å²) in [5.41, 5.74) is -2.77. The van der Waals surface area contributed by atoms with Gasteiger partial charge in [0, 0.05) is 65.2 Å². The molecular weight excluding hydrogens is 933 g/mol. The SMILES string of the molecule is O=C(NS(=O)(=O)c1ccc(NC(CSc2ccccc2)C[C@H]2CCCN2CCCO)c(S(=O)(=O)C(F)(F)F)c1)c1ccc(N2CCC(C(O)c3ccccc3-c3ccc(Cl)cc3)CC2)cc1. The average molecular weight is 986 g/mol. The minimum atomic E-state index is -6.09. The summed E-state index contributed by atoms with van der Waals surface area (Å²) in [6.45, 7) is 2.63. The van der Waals surface area contributed by atoms with Crippen LogP contribution in [0.4, 0.5) is 24.5 Å². The normalized spacial score (nSPS) is 17.4. The molecule has 5 aromatic carbocycles. The fourth-order valence-electron chi connectivity index (χ4n) is 8.73. The number of likely N-dealkylation sites (tertiary alicyclic amines) is 1. The third kappa shape index (κ3) is 11.9. The smallest absolute Gasteiger partial charge is 0.396 e. The maximum absolute atomic E-state index is 14.3. The molecule has 3 atom stereocenters. The number of aliphatic hydroxyl groups excluding tert-OH is 2. The van der Waals surface area contributed by atoms with E-state index in [1.54, 1.807) is 12.1 Å². The van der Waals surface area contributed by atoms with Crippen molar-refractivity contribution in [2.75, 3.05) is 48.8 Å². The summed E-state index contributed by atoms with van der Waals surface area (Å²) in [6, 6.07) is 32.5. The van der Waals surface area contributed by atoms with Crippen molar-refractivity contribution >= 4 is 60.5 Å². The molecule has 5 aromatic rings. The third-order valence-electron chi connectivity index (χ3n) is 12.2. The Labute approximate surface area is 393 Å². The molecule has 18 heteroatoms. The number of thioether (sulfide) groups is 1. The van der Waals surface area contributed by atoms with Crippen LogP contribution in [0.2, 0.25) is 5.02 Å². The largest absolute Gasteiger partial charge is 0.501 e. The van der Waals surface area contributed by atoms with Gasteiger partial charge in [0.25, 0.3) is 25.8 Å². The monoisotopic (exact) mass is 984 g/mol. The quantitative estimate of drug-likeness (QED) is 0.0621. The fraction of sp³-hybridized carbons (Fsp3) is 0.354. The average Bonchev–Trinajstić information content (AvgIpc) is 3.76. The molecule has 2 heterocycles. The zero-order valence-corrected chi connectivity index (χ0v) is 39.1. The number of halogens is 4. The number of sulfonamides is 1. The van der Waals surface area contributed by atoms with Crippen molar-refractivity contribution in [1.29, 1.82) is 0 Å². The summed E-state index contributed by atoms with van der Waals surface area (Å²) in [7, 11) is -11.0. The number of aliphatic hydroxyl groups is 2. The Morgan fingerprint density at radius 2 is 1.53 bits per heavy atom. The van der Waals surface area contributed by atoms with Crippen LogP contribution in [0.5, 0.6) is 0 Å². The van der Waals surface area contributed by atoms with Gasteiger partial charge in [-0.15, -0.1) is 11.8 Å². The van der Waals surface area contributed by atoms with Crippen LogP contribution in [0.25, 0.3) is 11.1 Å². The standard InChI is InChI=1S/C48H52ClF3N4O7S3/c49-36-17-13-33(14-18-36)42-11-4-5-12-43(42)46(58)34-23-27-56(28-24-34)38-19-15-35(16-20-38)47(59)54-66(62,63)41-21-22-44(45(31-41)65(60,61)48(50,51)52)53-37(32-64-40-9-2-1-3-10-40)30-39-8-6-25-55(39)26-7-29-57/h1-5,9-22,31,34,37,39,46,53,57-58H,6-8,23-30,32H2,(H,54,59)/t37?,39-,46?/m1/s1. The molecular formula is C48H52ClF3N4O7S3. The van der Waals surface area contributed by atoms with Gasteiger partial charge in [0.15, 0.2) is 0 Å². The lowest BCUT2D eigenvalue weighted by molar-refractivity contribution is -0.0435. The molecule has 352 valence electrons. The van der Waals surface area contributed by atoms with Crippen molar-refractivity contribution in [3.8, 4) is 11.1 Å². The van der Waals surface area contributed by atoms with E-state index in [4.69, 9.17) is 11.6 Å². The minimum Gasteiger partial charge on any atom is -0.396 e. The number of rotatable bonds is 18. The first-order valence-electron chi connectivity index (χ1n) is 21.7. The number of piperidine rings is 1. The molecule has 2 saturated heterocycles. The van der Waals surface area contributed by atoms with Crippen LogP contribution in [-0.4, -0.2) is 94.0 Å². The van der Waals surface area contributed by atoms with Crippen LogP contribution in [-0.2, 0) is 19.9 Å². The summed E-state index contributed by atoms with van der Waals surface area (Å²) in [6.07, 6.45) is 3.33. The van der Waals surface area contributed by atoms with E-state index < -0.39 is 58.9 Å². The maximum atomic E-state index is 14.3. The second-order valence-electron chi connectivity index (χ2n) is 16.6. The highest BCUT2D eigenvalue weighted by Crippen LogP contribution is 2.39. The lowest BCUT2D eigenvalue weighted by Crippen LogP contribution is -2.37. The second kappa shape index (κ2) is 21.6. The van der Waals surface area contributed by atoms with Crippen LogP contribution < -0.4 is 14.9 Å². The molecule has 0 radical (unpaired) electrons. The Morgan fingerprint density at radius 1 is 0.848 bits per heavy atom. The van der Waals surface area contributed by atoms with E-state index in [0.717, 1.165) is 58.8 Å². The molecule has 7 rings (SSSR count). The van der Waals surface area contributed by atoms with Gasteiger partial charge >= 0.3 is 5.51 Å². The van der Waals surface area contributed by atoms with Crippen LogP contribution in [0.1, 0.15) is 60.6 Å². The number of nitrogens with one attached hydrogen (secondary N) is 2. The highest BCUT2D eigenvalue weighted by Gasteiger charge is 2.48. The van der Waals surface area contributed by atoms with Crippen molar-refractivity contribution in [2.45, 2.75) is 76.9 Å². The van der Waals surface area contributed by atoms with Crippen molar-refractivity contribution in [1.82, 2.24) is 9.62 Å². The van der Waals surface area contributed by atoms with Crippen LogP contribution in [0, 0.1) is 5.92 Å². The first-order chi connectivity index (χ1) is 31.5. The summed E-state index contributed by atoms with van der Waals surface area (Å²) in [5.74, 6) is -0.741. The number of amides is 1. The molecule has 2 aliphatic heterocycles. The molecule has 2 unspecified atom stereocenters. The lowest BCUT2D eigenvalue weighted by Gasteiger charge is -2.36. The molecule has 0 aliphatic carbocycles. The molecule has 4 N–H and O–H groups in total. The summed E-state index contributed by atoms with van der Waals surface area (Å²) >= 11 is 7.54. The Kier molecular flexibility index (Phi) is 16.1. The predicted octanol–water partition coefficient (Wildman–Crippen LogP) is 9.18. The molecule has 0 bridgehead atoms. The third-order valence-corrected chi connectivity index (χ3v) is 16.5. The zero-order chi connectivity index (χ0) is 47.1. The number of benzene rings is 5. The zero-order valence-electron chi connectivity index (χ0n) is 35.9. The highest BCUT2D eigenvalue weighted by atomic mass is 35.5. The molecule has 66 heavy (non-hydrogen) atoms. The van der Waals surface area contributed by atoms with Crippen molar-refractivity contribution < 1.29 is 45.0 Å². The Balaban J connectivity index is 1.04. The number of hydrogen-bond acceptors (Lipinski definition) is 11. The number of carbonyl (C=O) groups is 1. The molecule has 2 aliphatic rings. The summed E-state index contributed by atoms with van der Waals surface area (Å²) in [4.78, 5) is 16.4. The molecule has 0 saturated carbocycles. The first kappa shape index (κ1) is 49.3. The molecule has 1 amide bonds. The van der Waals surface area contributed by atoms with E-state index in [-0.39, 0.29) is 24.1 Å². The van der Waals surface area contributed by atoms with E-state index in [9.17, 15) is 45.0 Å². The predicted molar refractivity (Wildman–Crippen MR) is 253 cm³/mol. The van der Waals surface area contributed by atoms with Crippen molar-refractivity contribution in [2.24, 2.45) is 5.92 Å². The molecule has 2 fully saturated rings. The number of carbonyl (C=O) groups excluding carboxylic acids is 1. The van der Waals surface area contributed by atoms with Gasteiger partial charge < -0.3 is 25.3 Å². The van der Waals surface area contributed by atoms with Crippen LogP contribution >= 0.6 is 23.4 Å². The summed E-state index contributed by atoms with van der Waals surface area (Å²) in [5, 5.41) is 24.6. The van der Waals surface area contributed by atoms with Gasteiger partial charge in [0.2, 0.25) is 0 Å². The fourth-order valence-corrected chi connectivity index (χ4v) is 11.8. The van der Waals surface area contributed by atoms with Crippen LogP contribution in [0.15, 0.2) is 136 Å². The number of hydrogen-bond donors (Lipinski definition) is 4. The van der Waals surface area contributed by atoms with E-state index in [1.165, 1.54) is 23.9 Å². The number of alkyl halides is 3. The van der Waals surface area contributed by atoms with Gasteiger partial charge in [0.1, 0.15) is 4.90 Å². The van der Waals surface area contributed by atoms with Crippen molar-refractivity contribution in [3.63, 3.8) is 0 Å². The summed E-state index contributed by atoms with van der Waals surface area (Å²) < 4.78 is 98.1. The number of sulfone groups is 1. The van der Waals surface area contributed by atoms with Gasteiger partial charge in [-0.25, -0.2) is 21.6 Å². The van der Waals surface area contributed by atoms with Gasteiger partial charge in [-0.2, -0.15) is 13.2 Å². The van der Waals surface area contributed by atoms with Crippen LogP contribution in [0.3, 0.4) is 0 Å². The molecule has 11 nitrogen and oxygen atoms in total. The Bertz CT molecular complexity index is 2660. The Hall–Kier alpha value is -4.62. The lowest BCUT2D eigenvalue weighted by atomic mass is 9.84.